The van der Waals surface area contributed by atoms with E-state index in [4.69, 9.17) is 0 Å². The molecule has 0 aromatic heterocycles. The van der Waals surface area contributed by atoms with Gasteiger partial charge in [-0.3, -0.25) is 0 Å². The van der Waals surface area contributed by atoms with E-state index in [1.165, 1.54) is 0 Å². The van der Waals surface area contributed by atoms with Crippen LogP contribution in [0.2, 0.25) is 159 Å². The summed E-state index contributed by atoms with van der Waals surface area (Å²) in [5.74, 6) is 0. The molecule has 94 heavy (non-hydrogen) atoms. The third-order valence-electron chi connectivity index (χ3n) is 32.2. The van der Waals surface area contributed by atoms with Crippen molar-refractivity contribution in [3.63, 3.8) is 0 Å². The molecule has 567 valence electrons. The Bertz CT molecular complexity index is 1570. The maximum absolute atomic E-state index is 3.09. The maximum atomic E-state index is 3.09. The van der Waals surface area contributed by atoms with Gasteiger partial charge in [-0.15, -0.1) is 0 Å². The quantitative estimate of drug-likeness (QED) is 0.0538. The second-order valence-corrected chi connectivity index (χ2v) is 110. The number of rotatable bonds is 39. The van der Waals surface area contributed by atoms with Crippen molar-refractivity contribution >= 4 is 72.7 Å². The first-order chi connectivity index (χ1) is 42.1. The van der Waals surface area contributed by atoms with Crippen LogP contribution in [0.1, 0.15) is 374 Å². The van der Waals surface area contributed by atoms with Crippen molar-refractivity contribution in [1.82, 2.24) is 0 Å². The summed E-state index contributed by atoms with van der Waals surface area (Å²) in [5, 5.41) is 0. The average Bonchev–Trinajstić information content (AvgIpc) is 3.32. The van der Waals surface area contributed by atoms with Crippen LogP contribution in [0.5, 0.6) is 0 Å². The van der Waals surface area contributed by atoms with Gasteiger partial charge in [0.1, 0.15) is 0 Å². The van der Waals surface area contributed by atoms with Crippen LogP contribution in [-0.4, -0.2) is 72.7 Å². The molecule has 0 N–H and O–H groups in total. The van der Waals surface area contributed by atoms with Crippen LogP contribution in [-0.2, 0) is 14.1 Å². The molecule has 0 aliphatic carbocycles. The van der Waals surface area contributed by atoms with Crippen molar-refractivity contribution in [2.45, 2.75) is 533 Å². The SMILES string of the molecule is CC(C)[Si](C(C)C)(C(C)C)[C]([Cr]([C]([Si](C(C)C)(C(C)C)C(C)C)([Si](C(C)C)(C(C)C)C(C)C)[Si](C(C)C)(C(C)C)C(C)C)[C]([Si](C(C)C)(C(C)C)C(C)C)([Si](C(C)C)(C(C)C)C(C)C)[Si](C(C)C)(C(C)C)C(C)C)([Si](C(C)C)(C(C)C)C(C)C)[Si](C(C)C)(C(C)C)C(C)C. The molecule has 0 nitrogen and oxygen atoms in total. The first kappa shape index (κ1) is 96.5. The molecule has 0 aliphatic heterocycles. The Morgan fingerprint density at radius 1 is 0.106 bits per heavy atom. The molecular weight excluding hydrogens is 1310 g/mol. The second-order valence-electron chi connectivity index (χ2n) is 41.9. The van der Waals surface area contributed by atoms with Crippen molar-refractivity contribution in [3.8, 4) is 0 Å². The Kier molecular flexibility index (Phi) is 34.8. The van der Waals surface area contributed by atoms with Crippen molar-refractivity contribution in [1.29, 1.82) is 0 Å². The fraction of sp³-hybridized carbons (Fsp3) is 1.00. The molecule has 0 unspecified atom stereocenters. The normalized spacial score (nSPS) is 15.9. The summed E-state index contributed by atoms with van der Waals surface area (Å²) in [6, 6.07) is 0. The topological polar surface area (TPSA) is 0 Å². The molecule has 0 aromatic carbocycles. The van der Waals surface area contributed by atoms with Gasteiger partial charge < -0.3 is 0 Å². The van der Waals surface area contributed by atoms with Crippen molar-refractivity contribution in [3.05, 3.63) is 0 Å². The average molecular weight is 1500 g/mol. The summed E-state index contributed by atoms with van der Waals surface area (Å²) < 4.78 is 0.726. The second kappa shape index (κ2) is 33.9. The Labute approximate surface area is 614 Å². The molecule has 0 saturated heterocycles. The van der Waals surface area contributed by atoms with E-state index in [1.54, 1.807) is 0 Å². The van der Waals surface area contributed by atoms with Crippen LogP contribution in [0.4, 0.5) is 0 Å². The van der Waals surface area contributed by atoms with Gasteiger partial charge in [0, 0.05) is 0 Å². The van der Waals surface area contributed by atoms with Gasteiger partial charge in [-0.1, -0.05) is 0 Å². The first-order valence-electron chi connectivity index (χ1n) is 41.8. The number of hydrogen-bond acceptors (Lipinski definition) is 0. The fourth-order valence-corrected chi connectivity index (χ4v) is 239. The first-order valence-corrected chi connectivity index (χ1v) is 63.8. The molecule has 0 spiro atoms. The Morgan fingerprint density at radius 3 is 0.181 bits per heavy atom. The van der Waals surface area contributed by atoms with Crippen LogP contribution in [0.15, 0.2) is 0 Å². The van der Waals surface area contributed by atoms with E-state index < -0.39 is 86.8 Å². The zero-order valence-electron chi connectivity index (χ0n) is 76.0. The summed E-state index contributed by atoms with van der Waals surface area (Å²) in [7, 11) is -27.2. The standard InChI is InChI=1S/3C28H63Si3.Cr/c3*1-19(2)29(20(3)4,21(5)6)28(30(22(7)8,23(9)10)24(11)12)31(25(13)14,26(15)16)27(17)18;/h3*19-27H,1-18H3;. The van der Waals surface area contributed by atoms with Gasteiger partial charge in [-0.25, -0.2) is 0 Å². The zero-order chi connectivity index (χ0) is 76.2. The van der Waals surface area contributed by atoms with Crippen LogP contribution in [0, 0.1) is 0 Å². The van der Waals surface area contributed by atoms with Gasteiger partial charge in [0.2, 0.25) is 0 Å². The molecule has 0 saturated carbocycles. The van der Waals surface area contributed by atoms with Crippen LogP contribution in [0.3, 0.4) is 0 Å². The summed E-state index contributed by atoms with van der Waals surface area (Å²) in [5.41, 5.74) is 17.0. The van der Waals surface area contributed by atoms with E-state index in [1.807, 2.05) is 0 Å². The van der Waals surface area contributed by atoms with Crippen LogP contribution >= 0.6 is 0 Å². The molecule has 0 atom stereocenters. The molecule has 0 fully saturated rings. The summed E-state index contributed by atoms with van der Waals surface area (Å²) in [6.45, 7) is 167. The van der Waals surface area contributed by atoms with Crippen molar-refractivity contribution < 1.29 is 14.1 Å². The number of hydrogen-bond donors (Lipinski definition) is 0. The predicted octanol–water partition coefficient (Wildman–Crippen LogP) is 34.0. The van der Waals surface area contributed by atoms with Gasteiger partial charge in [0.25, 0.3) is 0 Å². The molecule has 0 heterocycles. The van der Waals surface area contributed by atoms with Gasteiger partial charge in [-0.05, 0) is 0 Å². The van der Waals surface area contributed by atoms with Crippen LogP contribution in [0.25, 0.3) is 0 Å². The Balaban J connectivity index is 17.4. The van der Waals surface area contributed by atoms with Crippen molar-refractivity contribution in [2.75, 3.05) is 0 Å². The monoisotopic (exact) mass is 1500 g/mol. The molecule has 0 radical (unpaired) electrons. The van der Waals surface area contributed by atoms with Gasteiger partial charge in [-0.2, -0.15) is 0 Å². The zero-order valence-corrected chi connectivity index (χ0v) is 86.3. The third-order valence-corrected chi connectivity index (χ3v) is 143. The van der Waals surface area contributed by atoms with Gasteiger partial charge in [0.15, 0.2) is 0 Å². The van der Waals surface area contributed by atoms with Crippen molar-refractivity contribution in [2.24, 2.45) is 0 Å². The molecule has 0 aromatic rings. The minimum atomic E-state index is -3.02. The molecular formula is C84H189CrSi9. The minimum absolute atomic E-state index is 0.242. The van der Waals surface area contributed by atoms with E-state index in [2.05, 4.69) is 374 Å². The third kappa shape index (κ3) is 11.9. The molecule has 10 heteroatoms. The van der Waals surface area contributed by atoms with Crippen LogP contribution < -0.4 is 0 Å². The summed E-state index contributed by atoms with van der Waals surface area (Å²) >= 11 is -2.70. The molecule has 0 aliphatic rings. The molecule has 0 bridgehead atoms. The van der Waals surface area contributed by atoms with Gasteiger partial charge >= 0.3 is 620 Å². The fourth-order valence-electron chi connectivity index (χ4n) is 34.6. The van der Waals surface area contributed by atoms with E-state index in [-0.39, 0.29) is 9.44 Å². The summed E-state index contributed by atoms with van der Waals surface area (Å²) in [6.07, 6.45) is 0. The molecule has 0 amide bonds. The van der Waals surface area contributed by atoms with E-state index in [9.17, 15) is 0 Å². The Morgan fingerprint density at radius 2 is 0.149 bits per heavy atom. The molecule has 0 rings (SSSR count). The predicted molar refractivity (Wildman–Crippen MR) is 468 cm³/mol. The van der Waals surface area contributed by atoms with E-state index in [0.29, 0.717) is 150 Å². The van der Waals surface area contributed by atoms with E-state index in [0.717, 1.165) is 0 Å². The summed E-state index contributed by atoms with van der Waals surface area (Å²) in [4.78, 5) is 0. The van der Waals surface area contributed by atoms with Gasteiger partial charge in [0.05, 0.1) is 0 Å². The Hall–Kier alpha value is 2.48. The van der Waals surface area contributed by atoms with E-state index >= 15 is 0 Å².